The van der Waals surface area contributed by atoms with E-state index >= 15 is 0 Å². The third-order valence-corrected chi connectivity index (χ3v) is 3.13. The fourth-order valence-corrected chi connectivity index (χ4v) is 1.87. The molecule has 0 aliphatic carbocycles. The number of aromatic nitrogens is 1. The molecule has 0 spiro atoms. The van der Waals surface area contributed by atoms with Crippen molar-refractivity contribution < 1.29 is 9.18 Å². The summed E-state index contributed by atoms with van der Waals surface area (Å²) in [6.45, 7) is 0. The van der Waals surface area contributed by atoms with E-state index in [4.69, 9.17) is 11.6 Å². The van der Waals surface area contributed by atoms with Crippen molar-refractivity contribution in [2.75, 3.05) is 5.32 Å². The van der Waals surface area contributed by atoms with Gasteiger partial charge in [-0.2, -0.15) is 0 Å². The Balaban J connectivity index is 2.28. The molecule has 0 saturated carbocycles. The summed E-state index contributed by atoms with van der Waals surface area (Å²) in [6, 6.07) is 7.57. The summed E-state index contributed by atoms with van der Waals surface area (Å²) in [7, 11) is 0. The van der Waals surface area contributed by atoms with E-state index in [0.717, 1.165) is 0 Å². The molecule has 1 amide bonds. The highest BCUT2D eigenvalue weighted by molar-refractivity contribution is 9.10. The molecule has 0 aliphatic heterocycles. The average molecular weight is 330 g/mol. The van der Waals surface area contributed by atoms with Crippen molar-refractivity contribution in [3.8, 4) is 0 Å². The molecule has 2 rings (SSSR count). The number of carbonyl (C=O) groups excluding carboxylic acids is 1. The Morgan fingerprint density at radius 1 is 1.33 bits per heavy atom. The number of nitrogens with zero attached hydrogens (tertiary/aromatic N) is 1. The Morgan fingerprint density at radius 2 is 2.11 bits per heavy atom. The van der Waals surface area contributed by atoms with Crippen LogP contribution in [0.3, 0.4) is 0 Å². The first-order valence-corrected chi connectivity index (χ1v) is 6.12. The lowest BCUT2D eigenvalue weighted by atomic mass is 10.2. The Labute approximate surface area is 116 Å². The van der Waals surface area contributed by atoms with Crippen molar-refractivity contribution >= 4 is 39.1 Å². The van der Waals surface area contributed by atoms with Crippen LogP contribution in [0.4, 0.5) is 10.1 Å². The predicted octanol–water partition coefficient (Wildman–Crippen LogP) is 3.89. The predicted molar refractivity (Wildman–Crippen MR) is 71.3 cm³/mol. The summed E-state index contributed by atoms with van der Waals surface area (Å²) in [5.74, 6) is -1.32. The van der Waals surface area contributed by atoms with Crippen LogP contribution in [0, 0.1) is 5.82 Å². The molecule has 0 bridgehead atoms. The van der Waals surface area contributed by atoms with Crippen molar-refractivity contribution in [1.82, 2.24) is 4.98 Å². The van der Waals surface area contributed by atoms with Crippen molar-refractivity contribution in [3.63, 3.8) is 0 Å². The van der Waals surface area contributed by atoms with Crippen LogP contribution in [0.2, 0.25) is 5.02 Å². The van der Waals surface area contributed by atoms with E-state index in [1.165, 1.54) is 18.2 Å². The number of rotatable bonds is 2. The van der Waals surface area contributed by atoms with Crippen molar-refractivity contribution in [2.45, 2.75) is 0 Å². The van der Waals surface area contributed by atoms with E-state index in [0.29, 0.717) is 10.3 Å². The minimum absolute atomic E-state index is 0.0899. The molecular formula is C12H7BrClFN2O. The largest absolute Gasteiger partial charge is 0.320 e. The van der Waals surface area contributed by atoms with Crippen LogP contribution >= 0.6 is 27.5 Å². The molecule has 18 heavy (non-hydrogen) atoms. The van der Waals surface area contributed by atoms with E-state index in [1.54, 1.807) is 18.3 Å². The van der Waals surface area contributed by atoms with Crippen molar-refractivity contribution in [2.24, 2.45) is 0 Å². The van der Waals surface area contributed by atoms with Crippen molar-refractivity contribution in [3.05, 3.63) is 57.5 Å². The standard InChI is InChI=1S/C12H7BrClFN2O/c13-11-9(5-2-6-16-11)17-12(18)7-3-1-4-8(14)10(7)15/h1-6H,(H,17,18). The molecule has 0 aliphatic rings. The molecule has 0 unspecified atom stereocenters. The molecule has 3 nitrogen and oxygen atoms in total. The number of pyridine rings is 1. The van der Waals surface area contributed by atoms with Gasteiger partial charge in [-0.25, -0.2) is 9.37 Å². The summed E-state index contributed by atoms with van der Waals surface area (Å²) < 4.78 is 14.1. The Morgan fingerprint density at radius 3 is 2.83 bits per heavy atom. The van der Waals surface area contributed by atoms with Gasteiger partial charge < -0.3 is 5.32 Å². The Kier molecular flexibility index (Phi) is 3.93. The summed E-state index contributed by atoms with van der Waals surface area (Å²) in [5.41, 5.74) is 0.347. The van der Waals surface area contributed by atoms with Crippen LogP contribution in [0.5, 0.6) is 0 Å². The lowest BCUT2D eigenvalue weighted by molar-refractivity contribution is 0.102. The second-order valence-electron chi connectivity index (χ2n) is 3.40. The van der Waals surface area contributed by atoms with Gasteiger partial charge >= 0.3 is 0 Å². The normalized spacial score (nSPS) is 10.2. The first kappa shape index (κ1) is 13.0. The van der Waals surface area contributed by atoms with Gasteiger partial charge in [0.15, 0.2) is 5.82 Å². The molecule has 0 radical (unpaired) electrons. The fraction of sp³-hybridized carbons (Fsp3) is 0. The highest BCUT2D eigenvalue weighted by Crippen LogP contribution is 2.22. The molecule has 2 aromatic rings. The maximum atomic E-state index is 13.6. The van der Waals surface area contributed by atoms with Gasteiger partial charge in [-0.1, -0.05) is 17.7 Å². The maximum absolute atomic E-state index is 13.6. The number of benzene rings is 1. The Bertz CT molecular complexity index is 606. The van der Waals surface area contributed by atoms with Gasteiger partial charge in [0.25, 0.3) is 5.91 Å². The second-order valence-corrected chi connectivity index (χ2v) is 4.56. The third kappa shape index (κ3) is 2.68. The van der Waals surface area contributed by atoms with Gasteiger partial charge in [-0.15, -0.1) is 0 Å². The molecule has 1 aromatic heterocycles. The van der Waals surface area contributed by atoms with Crippen LogP contribution in [0.15, 0.2) is 41.1 Å². The van der Waals surface area contributed by atoms with Crippen LogP contribution in [-0.2, 0) is 0 Å². The molecule has 6 heteroatoms. The monoisotopic (exact) mass is 328 g/mol. The van der Waals surface area contributed by atoms with E-state index in [9.17, 15) is 9.18 Å². The summed E-state index contributed by atoms with van der Waals surface area (Å²) >= 11 is 8.80. The molecule has 0 saturated heterocycles. The molecule has 1 heterocycles. The second kappa shape index (κ2) is 5.46. The van der Waals surface area contributed by atoms with Gasteiger partial charge in [-0.05, 0) is 40.2 Å². The molecule has 0 fully saturated rings. The number of anilines is 1. The van der Waals surface area contributed by atoms with E-state index in [1.807, 2.05) is 0 Å². The van der Waals surface area contributed by atoms with E-state index in [2.05, 4.69) is 26.2 Å². The highest BCUT2D eigenvalue weighted by atomic mass is 79.9. The molecule has 1 N–H and O–H groups in total. The van der Waals surface area contributed by atoms with Gasteiger partial charge in [0, 0.05) is 6.20 Å². The van der Waals surface area contributed by atoms with Crippen LogP contribution in [0.25, 0.3) is 0 Å². The lowest BCUT2D eigenvalue weighted by Crippen LogP contribution is -2.14. The average Bonchev–Trinajstić information content (AvgIpc) is 2.35. The molecule has 1 aromatic carbocycles. The summed E-state index contributed by atoms with van der Waals surface area (Å²) in [4.78, 5) is 15.8. The third-order valence-electron chi connectivity index (χ3n) is 2.20. The quantitative estimate of drug-likeness (QED) is 0.849. The first-order chi connectivity index (χ1) is 8.59. The van der Waals surface area contributed by atoms with Crippen LogP contribution in [-0.4, -0.2) is 10.9 Å². The number of hydrogen-bond donors (Lipinski definition) is 1. The SMILES string of the molecule is O=C(Nc1cccnc1Br)c1cccc(Cl)c1F. The lowest BCUT2D eigenvalue weighted by Gasteiger charge is -2.07. The number of nitrogens with one attached hydrogen (secondary N) is 1. The topological polar surface area (TPSA) is 42.0 Å². The number of amides is 1. The zero-order valence-corrected chi connectivity index (χ0v) is 11.3. The summed E-state index contributed by atoms with van der Waals surface area (Å²) in [6.07, 6.45) is 1.57. The Hall–Kier alpha value is -1.46. The van der Waals surface area contributed by atoms with Crippen LogP contribution in [0.1, 0.15) is 10.4 Å². The van der Waals surface area contributed by atoms with Gasteiger partial charge in [0.05, 0.1) is 16.3 Å². The summed E-state index contributed by atoms with van der Waals surface area (Å²) in [5, 5.41) is 2.46. The van der Waals surface area contributed by atoms with Gasteiger partial charge in [-0.3, -0.25) is 4.79 Å². The molecule has 92 valence electrons. The number of hydrogen-bond acceptors (Lipinski definition) is 2. The minimum Gasteiger partial charge on any atom is -0.320 e. The van der Waals surface area contributed by atoms with Gasteiger partial charge in [0.1, 0.15) is 4.60 Å². The van der Waals surface area contributed by atoms with E-state index in [-0.39, 0.29) is 10.6 Å². The molecule has 0 atom stereocenters. The van der Waals surface area contributed by atoms with Gasteiger partial charge in [0.2, 0.25) is 0 Å². The van der Waals surface area contributed by atoms with Crippen LogP contribution < -0.4 is 5.32 Å². The van der Waals surface area contributed by atoms with Crippen molar-refractivity contribution in [1.29, 1.82) is 0 Å². The first-order valence-electron chi connectivity index (χ1n) is 4.95. The zero-order valence-electron chi connectivity index (χ0n) is 8.95. The zero-order chi connectivity index (χ0) is 13.1. The smallest absolute Gasteiger partial charge is 0.258 e. The van der Waals surface area contributed by atoms with E-state index < -0.39 is 11.7 Å². The number of halogens is 3. The number of carbonyl (C=O) groups is 1. The highest BCUT2D eigenvalue weighted by Gasteiger charge is 2.15. The maximum Gasteiger partial charge on any atom is 0.258 e. The fourth-order valence-electron chi connectivity index (χ4n) is 1.35. The minimum atomic E-state index is -0.739. The molecular weight excluding hydrogens is 322 g/mol.